The molecule has 3 N–H and O–H groups in total. The zero-order chi connectivity index (χ0) is 23.2. The molecule has 33 heavy (non-hydrogen) atoms. The van der Waals surface area contributed by atoms with Crippen LogP contribution in [0.25, 0.3) is 0 Å². The van der Waals surface area contributed by atoms with Crippen LogP contribution in [0.4, 0.5) is 5.69 Å². The number of primary amides is 1. The van der Waals surface area contributed by atoms with Crippen LogP contribution in [0.15, 0.2) is 72.8 Å². The fraction of sp³-hybridized carbons (Fsp3) is 0.192. The number of carbonyl (C=O) groups excluding carboxylic acids is 3. The summed E-state index contributed by atoms with van der Waals surface area (Å²) in [5.41, 5.74) is 7.95. The highest BCUT2D eigenvalue weighted by Crippen LogP contribution is 2.23. The minimum absolute atomic E-state index is 0.147. The van der Waals surface area contributed by atoms with Crippen molar-refractivity contribution in [3.63, 3.8) is 0 Å². The van der Waals surface area contributed by atoms with Crippen molar-refractivity contribution in [2.75, 3.05) is 11.4 Å². The van der Waals surface area contributed by atoms with Gasteiger partial charge in [0.15, 0.2) is 0 Å². The number of amides is 3. The van der Waals surface area contributed by atoms with Gasteiger partial charge in [0.1, 0.15) is 11.5 Å². The van der Waals surface area contributed by atoms with Crippen molar-refractivity contribution >= 4 is 23.4 Å². The second-order valence-electron chi connectivity index (χ2n) is 7.87. The molecule has 0 spiro atoms. The Hall–Kier alpha value is -4.13. The molecule has 1 saturated heterocycles. The molecule has 4 rings (SSSR count). The number of hydrogen-bond donors (Lipinski definition) is 2. The molecule has 0 unspecified atom stereocenters. The van der Waals surface area contributed by atoms with Crippen molar-refractivity contribution in [1.29, 1.82) is 0 Å². The van der Waals surface area contributed by atoms with Gasteiger partial charge in [0.25, 0.3) is 5.91 Å². The second-order valence-corrected chi connectivity index (χ2v) is 7.87. The van der Waals surface area contributed by atoms with Crippen LogP contribution >= 0.6 is 0 Å². The standard InChI is InChI=1S/C26H25N3O4/c27-25(31)19-7-11-22(12-8-19)33-23-13-9-20(10-14-23)26(32)28-17-18-4-3-5-21(16-18)29-15-2-1-6-24(29)30/h3-5,7-14,16H,1-2,6,15,17H2,(H2,27,31)(H,28,32). The Bertz CT molecular complexity index is 1160. The van der Waals surface area contributed by atoms with Gasteiger partial charge >= 0.3 is 0 Å². The third-order valence-electron chi connectivity index (χ3n) is 5.49. The van der Waals surface area contributed by atoms with E-state index in [0.29, 0.717) is 35.6 Å². The lowest BCUT2D eigenvalue weighted by atomic mass is 10.1. The quantitative estimate of drug-likeness (QED) is 0.576. The number of nitrogens with one attached hydrogen (secondary N) is 1. The van der Waals surface area contributed by atoms with E-state index in [1.807, 2.05) is 29.2 Å². The maximum absolute atomic E-state index is 12.6. The highest BCUT2D eigenvalue weighted by molar-refractivity contribution is 5.95. The van der Waals surface area contributed by atoms with Crippen molar-refractivity contribution in [2.24, 2.45) is 5.73 Å². The van der Waals surface area contributed by atoms with E-state index in [2.05, 4.69) is 5.32 Å². The van der Waals surface area contributed by atoms with Crippen molar-refractivity contribution in [3.8, 4) is 11.5 Å². The molecular weight excluding hydrogens is 418 g/mol. The monoisotopic (exact) mass is 443 g/mol. The predicted molar refractivity (Wildman–Crippen MR) is 125 cm³/mol. The molecule has 3 aromatic carbocycles. The van der Waals surface area contributed by atoms with E-state index < -0.39 is 5.91 Å². The normalized spacial score (nSPS) is 13.5. The SMILES string of the molecule is NC(=O)c1ccc(Oc2ccc(C(=O)NCc3cccc(N4CCCCC4=O)c3)cc2)cc1. The Labute approximate surface area is 192 Å². The largest absolute Gasteiger partial charge is 0.457 e. The van der Waals surface area contributed by atoms with E-state index in [-0.39, 0.29) is 11.8 Å². The molecule has 3 amide bonds. The van der Waals surface area contributed by atoms with E-state index in [1.54, 1.807) is 48.5 Å². The fourth-order valence-electron chi connectivity index (χ4n) is 3.70. The highest BCUT2D eigenvalue weighted by Gasteiger charge is 2.19. The number of rotatable bonds is 7. The van der Waals surface area contributed by atoms with E-state index in [9.17, 15) is 14.4 Å². The van der Waals surface area contributed by atoms with Gasteiger partial charge in [0, 0.05) is 36.3 Å². The summed E-state index contributed by atoms with van der Waals surface area (Å²) in [6.07, 6.45) is 2.53. The minimum atomic E-state index is -0.497. The zero-order valence-corrected chi connectivity index (χ0v) is 18.1. The first-order valence-electron chi connectivity index (χ1n) is 10.8. The van der Waals surface area contributed by atoms with Gasteiger partial charge in [0.05, 0.1) is 0 Å². The van der Waals surface area contributed by atoms with Crippen LogP contribution in [0, 0.1) is 0 Å². The molecule has 1 heterocycles. The molecule has 0 bridgehead atoms. The average molecular weight is 444 g/mol. The Morgan fingerprint density at radius 1 is 0.909 bits per heavy atom. The number of benzene rings is 3. The smallest absolute Gasteiger partial charge is 0.251 e. The van der Waals surface area contributed by atoms with Gasteiger partial charge in [-0.05, 0) is 79.1 Å². The lowest BCUT2D eigenvalue weighted by Gasteiger charge is -2.27. The van der Waals surface area contributed by atoms with E-state index in [0.717, 1.165) is 30.6 Å². The number of anilines is 1. The van der Waals surface area contributed by atoms with Crippen molar-refractivity contribution in [3.05, 3.63) is 89.5 Å². The van der Waals surface area contributed by atoms with Crippen molar-refractivity contribution in [2.45, 2.75) is 25.8 Å². The van der Waals surface area contributed by atoms with Crippen molar-refractivity contribution in [1.82, 2.24) is 5.32 Å². The number of hydrogen-bond acceptors (Lipinski definition) is 4. The van der Waals surface area contributed by atoms with Gasteiger partial charge in [-0.1, -0.05) is 12.1 Å². The van der Waals surface area contributed by atoms with Crippen LogP contribution in [0.2, 0.25) is 0 Å². The Balaban J connectivity index is 1.34. The maximum Gasteiger partial charge on any atom is 0.251 e. The number of carbonyl (C=O) groups is 3. The molecule has 1 aliphatic heterocycles. The predicted octanol–water partition coefficient (Wildman–Crippen LogP) is 4.02. The molecule has 0 aliphatic carbocycles. The molecule has 1 aliphatic rings. The summed E-state index contributed by atoms with van der Waals surface area (Å²) in [6.45, 7) is 1.09. The summed E-state index contributed by atoms with van der Waals surface area (Å²) in [5, 5.41) is 2.92. The molecule has 0 aromatic heterocycles. The van der Waals surface area contributed by atoms with Crippen LogP contribution in [-0.4, -0.2) is 24.3 Å². The topological polar surface area (TPSA) is 102 Å². The Morgan fingerprint density at radius 3 is 2.21 bits per heavy atom. The maximum atomic E-state index is 12.6. The van der Waals surface area contributed by atoms with Crippen LogP contribution in [-0.2, 0) is 11.3 Å². The van der Waals surface area contributed by atoms with Gasteiger partial charge in [-0.15, -0.1) is 0 Å². The lowest BCUT2D eigenvalue weighted by molar-refractivity contribution is -0.119. The summed E-state index contributed by atoms with van der Waals surface area (Å²) in [6, 6.07) is 21.0. The molecular formula is C26H25N3O4. The molecule has 0 atom stereocenters. The van der Waals surface area contributed by atoms with Crippen LogP contribution in [0.3, 0.4) is 0 Å². The van der Waals surface area contributed by atoms with Gasteiger partial charge in [-0.3, -0.25) is 14.4 Å². The van der Waals surface area contributed by atoms with Gasteiger partial charge in [-0.25, -0.2) is 0 Å². The summed E-state index contributed by atoms with van der Waals surface area (Å²) < 4.78 is 5.74. The van der Waals surface area contributed by atoms with E-state index in [1.165, 1.54) is 0 Å². The number of ether oxygens (including phenoxy) is 1. The summed E-state index contributed by atoms with van der Waals surface area (Å²) >= 11 is 0. The number of nitrogens with zero attached hydrogens (tertiary/aromatic N) is 1. The molecule has 7 heteroatoms. The minimum Gasteiger partial charge on any atom is -0.457 e. The third-order valence-corrected chi connectivity index (χ3v) is 5.49. The lowest BCUT2D eigenvalue weighted by Crippen LogP contribution is -2.35. The van der Waals surface area contributed by atoms with Gasteiger partial charge in [-0.2, -0.15) is 0 Å². The number of nitrogens with two attached hydrogens (primary N) is 1. The molecule has 0 radical (unpaired) electrons. The van der Waals surface area contributed by atoms with Gasteiger partial charge in [0.2, 0.25) is 11.8 Å². The molecule has 3 aromatic rings. The zero-order valence-electron chi connectivity index (χ0n) is 18.1. The Morgan fingerprint density at radius 2 is 1.58 bits per heavy atom. The second kappa shape index (κ2) is 9.99. The van der Waals surface area contributed by atoms with E-state index >= 15 is 0 Å². The molecule has 0 saturated carbocycles. The fourth-order valence-corrected chi connectivity index (χ4v) is 3.70. The van der Waals surface area contributed by atoms with Crippen LogP contribution in [0.1, 0.15) is 45.5 Å². The number of piperidine rings is 1. The van der Waals surface area contributed by atoms with Crippen LogP contribution < -0.4 is 20.7 Å². The summed E-state index contributed by atoms with van der Waals surface area (Å²) in [5.74, 6) is 0.575. The van der Waals surface area contributed by atoms with E-state index in [4.69, 9.17) is 10.5 Å². The first-order valence-corrected chi connectivity index (χ1v) is 10.8. The summed E-state index contributed by atoms with van der Waals surface area (Å²) in [4.78, 5) is 37.7. The third kappa shape index (κ3) is 5.57. The van der Waals surface area contributed by atoms with Crippen molar-refractivity contribution < 1.29 is 19.1 Å². The molecule has 1 fully saturated rings. The first-order chi connectivity index (χ1) is 16.0. The van der Waals surface area contributed by atoms with Gasteiger partial charge < -0.3 is 20.7 Å². The average Bonchev–Trinajstić information content (AvgIpc) is 2.84. The molecule has 7 nitrogen and oxygen atoms in total. The highest BCUT2D eigenvalue weighted by atomic mass is 16.5. The summed E-state index contributed by atoms with van der Waals surface area (Å²) in [7, 11) is 0. The molecule has 168 valence electrons. The van der Waals surface area contributed by atoms with Crippen LogP contribution in [0.5, 0.6) is 11.5 Å². The first kappa shape index (κ1) is 22.1. The Kier molecular flexibility index (Phi) is 6.69.